The summed E-state index contributed by atoms with van der Waals surface area (Å²) in [5, 5.41) is 4.15. The highest BCUT2D eigenvalue weighted by Gasteiger charge is 2.23. The topological polar surface area (TPSA) is 65.0 Å². The standard InChI is InChI=1S/C45H27N3O2/c1-4-14-28(15-5-1)39-33(24-26-37-41(39)31-20-10-12-22-35(31)49-37)44-46-43(30-18-8-3-9-19-30)47-45(48-44)34-25-27-38-42(32-21-11-13-23-36(32)50-38)40(34)29-16-6-2-7-17-29/h1-27H. The zero-order chi connectivity index (χ0) is 33.0. The van der Waals surface area contributed by atoms with Crippen LogP contribution in [0, 0.1) is 0 Å². The average Bonchev–Trinajstić information content (AvgIpc) is 3.77. The third-order valence-electron chi connectivity index (χ3n) is 9.36. The second-order valence-electron chi connectivity index (χ2n) is 12.3. The lowest BCUT2D eigenvalue weighted by Gasteiger charge is -2.15. The SMILES string of the molecule is c1ccc(-c2nc(-c3ccc4oc5ccccc5c4c3-c3ccccc3)nc(-c3ccc4oc5ccccc5c4c3-c3ccccc3)n2)cc1. The van der Waals surface area contributed by atoms with Crippen LogP contribution in [-0.4, -0.2) is 15.0 Å². The van der Waals surface area contributed by atoms with Gasteiger partial charge in [0.2, 0.25) is 0 Å². The van der Waals surface area contributed by atoms with E-state index in [1.807, 2.05) is 91.0 Å². The zero-order valence-electron chi connectivity index (χ0n) is 26.7. The first-order valence-corrected chi connectivity index (χ1v) is 16.6. The van der Waals surface area contributed by atoms with Gasteiger partial charge in [0.05, 0.1) is 0 Å². The predicted octanol–water partition coefficient (Wildman–Crippen LogP) is 12.0. The summed E-state index contributed by atoms with van der Waals surface area (Å²) in [6.45, 7) is 0. The Morgan fingerprint density at radius 3 is 1.14 bits per heavy atom. The molecule has 0 unspecified atom stereocenters. The van der Waals surface area contributed by atoms with Gasteiger partial charge in [-0.1, -0.05) is 127 Å². The minimum absolute atomic E-state index is 0.580. The van der Waals surface area contributed by atoms with E-state index in [0.29, 0.717) is 17.5 Å². The Bertz CT molecular complexity index is 2680. The van der Waals surface area contributed by atoms with Crippen LogP contribution < -0.4 is 0 Å². The van der Waals surface area contributed by atoms with Crippen LogP contribution in [0.1, 0.15) is 0 Å². The molecule has 0 spiro atoms. The van der Waals surface area contributed by atoms with Gasteiger partial charge in [0.15, 0.2) is 17.5 Å². The molecule has 50 heavy (non-hydrogen) atoms. The summed E-state index contributed by atoms with van der Waals surface area (Å²) >= 11 is 0. The second kappa shape index (κ2) is 11.4. The van der Waals surface area contributed by atoms with Gasteiger partial charge in [0.1, 0.15) is 22.3 Å². The molecule has 10 rings (SSSR count). The molecule has 0 aliphatic carbocycles. The summed E-state index contributed by atoms with van der Waals surface area (Å²) in [6, 6.07) is 55.5. The van der Waals surface area contributed by atoms with Crippen molar-refractivity contribution in [2.24, 2.45) is 0 Å². The molecule has 0 aliphatic heterocycles. The van der Waals surface area contributed by atoms with Crippen molar-refractivity contribution in [2.75, 3.05) is 0 Å². The zero-order valence-corrected chi connectivity index (χ0v) is 26.7. The molecular weight excluding hydrogens is 615 g/mol. The monoisotopic (exact) mass is 641 g/mol. The summed E-state index contributed by atoms with van der Waals surface area (Å²) < 4.78 is 12.7. The van der Waals surface area contributed by atoms with Crippen molar-refractivity contribution in [3.8, 4) is 56.4 Å². The fourth-order valence-electron chi connectivity index (χ4n) is 7.15. The first-order chi connectivity index (χ1) is 24.8. The third-order valence-corrected chi connectivity index (χ3v) is 9.36. The third kappa shape index (κ3) is 4.52. The molecule has 0 bridgehead atoms. The van der Waals surface area contributed by atoms with Crippen molar-refractivity contribution in [3.63, 3.8) is 0 Å². The Morgan fingerprint density at radius 1 is 0.300 bits per heavy atom. The lowest BCUT2D eigenvalue weighted by molar-refractivity contribution is 0.668. The van der Waals surface area contributed by atoms with E-state index in [2.05, 4.69) is 72.8 Å². The van der Waals surface area contributed by atoms with Gasteiger partial charge in [-0.3, -0.25) is 0 Å². The van der Waals surface area contributed by atoms with Crippen molar-refractivity contribution in [3.05, 3.63) is 164 Å². The number of fused-ring (bicyclic) bond motifs is 6. The molecule has 3 aromatic heterocycles. The summed E-state index contributed by atoms with van der Waals surface area (Å²) in [4.78, 5) is 15.7. The molecule has 3 heterocycles. The fraction of sp³-hybridized carbons (Fsp3) is 0. The molecule has 5 nitrogen and oxygen atoms in total. The van der Waals surface area contributed by atoms with E-state index in [9.17, 15) is 0 Å². The number of benzene rings is 7. The number of aromatic nitrogens is 3. The Balaban J connectivity index is 1.31. The Hall–Kier alpha value is -6.85. The van der Waals surface area contributed by atoms with Crippen molar-refractivity contribution in [1.29, 1.82) is 0 Å². The van der Waals surface area contributed by atoms with E-state index in [0.717, 1.165) is 82.8 Å². The van der Waals surface area contributed by atoms with E-state index in [-0.39, 0.29) is 0 Å². The summed E-state index contributed by atoms with van der Waals surface area (Å²) in [5.74, 6) is 1.75. The maximum Gasteiger partial charge on any atom is 0.164 e. The van der Waals surface area contributed by atoms with Gasteiger partial charge in [-0.05, 0) is 47.5 Å². The van der Waals surface area contributed by atoms with E-state index < -0.39 is 0 Å². The minimum atomic E-state index is 0.580. The van der Waals surface area contributed by atoms with Crippen LogP contribution >= 0.6 is 0 Å². The summed E-state index contributed by atoms with van der Waals surface area (Å²) in [5.41, 5.74) is 10.2. The van der Waals surface area contributed by atoms with E-state index >= 15 is 0 Å². The highest BCUT2D eigenvalue weighted by atomic mass is 16.3. The molecule has 0 radical (unpaired) electrons. The normalized spacial score (nSPS) is 11.6. The number of para-hydroxylation sites is 2. The molecule has 5 heteroatoms. The molecule has 0 atom stereocenters. The molecule has 10 aromatic rings. The van der Waals surface area contributed by atoms with Crippen molar-refractivity contribution in [2.45, 2.75) is 0 Å². The fourth-order valence-corrected chi connectivity index (χ4v) is 7.15. The lowest BCUT2D eigenvalue weighted by Crippen LogP contribution is -2.02. The van der Waals surface area contributed by atoms with Gasteiger partial charge in [0, 0.05) is 49.4 Å². The summed E-state index contributed by atoms with van der Waals surface area (Å²) in [6.07, 6.45) is 0. The minimum Gasteiger partial charge on any atom is -0.456 e. The highest BCUT2D eigenvalue weighted by Crippen LogP contribution is 2.45. The Labute approximate surface area is 287 Å². The maximum absolute atomic E-state index is 6.36. The Kier molecular flexibility index (Phi) is 6.42. The largest absolute Gasteiger partial charge is 0.456 e. The van der Waals surface area contributed by atoms with Gasteiger partial charge in [0.25, 0.3) is 0 Å². The lowest BCUT2D eigenvalue weighted by atomic mass is 9.93. The number of hydrogen-bond donors (Lipinski definition) is 0. The van der Waals surface area contributed by atoms with Crippen LogP contribution in [0.15, 0.2) is 173 Å². The Morgan fingerprint density at radius 2 is 0.680 bits per heavy atom. The van der Waals surface area contributed by atoms with Gasteiger partial charge in [-0.25, -0.2) is 15.0 Å². The van der Waals surface area contributed by atoms with Gasteiger partial charge < -0.3 is 8.83 Å². The van der Waals surface area contributed by atoms with E-state index in [4.69, 9.17) is 23.8 Å². The number of hydrogen-bond acceptors (Lipinski definition) is 5. The van der Waals surface area contributed by atoms with Crippen molar-refractivity contribution < 1.29 is 8.83 Å². The first-order valence-electron chi connectivity index (χ1n) is 16.6. The van der Waals surface area contributed by atoms with Crippen molar-refractivity contribution in [1.82, 2.24) is 15.0 Å². The quantitative estimate of drug-likeness (QED) is 0.187. The van der Waals surface area contributed by atoms with Gasteiger partial charge >= 0.3 is 0 Å². The molecule has 0 N–H and O–H groups in total. The summed E-state index contributed by atoms with van der Waals surface area (Å²) in [7, 11) is 0. The predicted molar refractivity (Wildman–Crippen MR) is 202 cm³/mol. The molecule has 7 aromatic carbocycles. The molecular formula is C45H27N3O2. The van der Waals surface area contributed by atoms with Gasteiger partial charge in [-0.15, -0.1) is 0 Å². The van der Waals surface area contributed by atoms with Crippen molar-refractivity contribution >= 4 is 43.9 Å². The van der Waals surface area contributed by atoms with E-state index in [1.165, 1.54) is 0 Å². The molecule has 0 fully saturated rings. The highest BCUT2D eigenvalue weighted by molar-refractivity contribution is 6.17. The van der Waals surface area contributed by atoms with Crippen LogP contribution in [0.25, 0.3) is 100 Å². The second-order valence-corrected chi connectivity index (χ2v) is 12.3. The molecule has 0 amide bonds. The molecule has 0 saturated carbocycles. The van der Waals surface area contributed by atoms with Crippen LogP contribution in [0.2, 0.25) is 0 Å². The van der Waals surface area contributed by atoms with Gasteiger partial charge in [-0.2, -0.15) is 0 Å². The number of furan rings is 2. The molecule has 0 aliphatic rings. The maximum atomic E-state index is 6.36. The van der Waals surface area contributed by atoms with Crippen LogP contribution in [-0.2, 0) is 0 Å². The van der Waals surface area contributed by atoms with Crippen LogP contribution in [0.4, 0.5) is 0 Å². The molecule has 0 saturated heterocycles. The molecule has 234 valence electrons. The first kappa shape index (κ1) is 28.2. The number of nitrogens with zero attached hydrogens (tertiary/aromatic N) is 3. The average molecular weight is 642 g/mol. The van der Waals surface area contributed by atoms with E-state index in [1.54, 1.807) is 0 Å². The number of rotatable bonds is 5. The van der Waals surface area contributed by atoms with Crippen LogP contribution in [0.3, 0.4) is 0 Å². The van der Waals surface area contributed by atoms with Crippen LogP contribution in [0.5, 0.6) is 0 Å². The smallest absolute Gasteiger partial charge is 0.164 e.